The maximum absolute atomic E-state index is 11.9. The van der Waals surface area contributed by atoms with Crippen molar-refractivity contribution >= 4 is 11.9 Å². The van der Waals surface area contributed by atoms with E-state index in [0.29, 0.717) is 19.7 Å². The van der Waals surface area contributed by atoms with E-state index in [1.54, 1.807) is 4.90 Å². The Bertz CT molecular complexity index is 288. The predicted molar refractivity (Wildman–Crippen MR) is 66.1 cm³/mol. The van der Waals surface area contributed by atoms with Crippen LogP contribution in [0.1, 0.15) is 32.6 Å². The molecule has 0 saturated carbocycles. The van der Waals surface area contributed by atoms with Gasteiger partial charge in [0.2, 0.25) is 5.91 Å². The lowest BCUT2D eigenvalue weighted by atomic mass is 10.1. The fraction of sp³-hybridized carbons (Fsp3) is 0.833. The molecule has 0 spiro atoms. The number of carboxylic acids is 1. The van der Waals surface area contributed by atoms with Crippen molar-refractivity contribution in [1.82, 2.24) is 4.90 Å². The largest absolute Gasteiger partial charge is 0.481 e. The van der Waals surface area contributed by atoms with Gasteiger partial charge in [0.1, 0.15) is 0 Å². The summed E-state index contributed by atoms with van der Waals surface area (Å²) in [5.74, 6) is -1.07. The number of nitrogens with two attached hydrogens (primary N) is 1. The van der Waals surface area contributed by atoms with Crippen LogP contribution in [-0.2, 0) is 14.3 Å². The summed E-state index contributed by atoms with van der Waals surface area (Å²) < 4.78 is 5.50. The highest BCUT2D eigenvalue weighted by Crippen LogP contribution is 2.15. The number of hydrogen-bond acceptors (Lipinski definition) is 4. The summed E-state index contributed by atoms with van der Waals surface area (Å²) in [6, 6.07) is -0.704. The van der Waals surface area contributed by atoms with E-state index in [-0.39, 0.29) is 24.9 Å². The number of nitrogens with zero attached hydrogens (tertiary/aromatic N) is 1. The van der Waals surface area contributed by atoms with Crippen molar-refractivity contribution in [1.29, 1.82) is 0 Å². The molecule has 1 aliphatic heterocycles. The van der Waals surface area contributed by atoms with Gasteiger partial charge in [-0.1, -0.05) is 0 Å². The third kappa shape index (κ3) is 4.62. The molecular weight excluding hydrogens is 236 g/mol. The molecule has 1 fully saturated rings. The first-order chi connectivity index (χ1) is 8.54. The van der Waals surface area contributed by atoms with Gasteiger partial charge in [-0.05, 0) is 26.2 Å². The summed E-state index contributed by atoms with van der Waals surface area (Å²) >= 11 is 0. The second-order valence-corrected chi connectivity index (χ2v) is 4.52. The summed E-state index contributed by atoms with van der Waals surface area (Å²) in [6.07, 6.45) is 2.01. The van der Waals surface area contributed by atoms with Crippen LogP contribution in [0.4, 0.5) is 0 Å². The second-order valence-electron chi connectivity index (χ2n) is 4.52. The Morgan fingerprint density at radius 3 is 2.56 bits per heavy atom. The first kappa shape index (κ1) is 14.9. The summed E-state index contributed by atoms with van der Waals surface area (Å²) in [6.45, 7) is 3.94. The zero-order chi connectivity index (χ0) is 13.5. The smallest absolute Gasteiger partial charge is 0.303 e. The topological polar surface area (TPSA) is 92.9 Å². The maximum atomic E-state index is 11.9. The summed E-state index contributed by atoms with van der Waals surface area (Å²) in [5.41, 5.74) is 5.70. The van der Waals surface area contributed by atoms with Crippen molar-refractivity contribution < 1.29 is 19.4 Å². The Kier molecular flexibility index (Phi) is 6.07. The van der Waals surface area contributed by atoms with Gasteiger partial charge in [0.05, 0.1) is 12.1 Å². The molecule has 1 atom stereocenters. The number of rotatable bonds is 6. The van der Waals surface area contributed by atoms with Crippen LogP contribution in [0.5, 0.6) is 0 Å². The van der Waals surface area contributed by atoms with Gasteiger partial charge in [0.25, 0.3) is 0 Å². The van der Waals surface area contributed by atoms with Gasteiger partial charge in [-0.3, -0.25) is 9.59 Å². The van der Waals surface area contributed by atoms with Gasteiger partial charge in [-0.15, -0.1) is 0 Å². The molecular formula is C12H22N2O4. The minimum atomic E-state index is -0.923. The van der Waals surface area contributed by atoms with Crippen LogP contribution in [0.15, 0.2) is 0 Å². The molecule has 6 nitrogen and oxygen atoms in total. The quantitative estimate of drug-likeness (QED) is 0.710. The predicted octanol–water partition coefficient (Wildman–Crippen LogP) is 0.206. The number of hydrogen-bond donors (Lipinski definition) is 2. The molecule has 0 aliphatic carbocycles. The van der Waals surface area contributed by atoms with Crippen LogP contribution in [0, 0.1) is 0 Å². The van der Waals surface area contributed by atoms with E-state index in [1.807, 2.05) is 6.92 Å². The van der Waals surface area contributed by atoms with Crippen molar-refractivity contribution in [3.05, 3.63) is 0 Å². The molecule has 3 N–H and O–H groups in total. The monoisotopic (exact) mass is 258 g/mol. The zero-order valence-electron chi connectivity index (χ0n) is 10.8. The SMILES string of the molecule is CCOC1CCN(C(=O)C(N)CCC(=O)O)CC1. The first-order valence-electron chi connectivity index (χ1n) is 6.42. The fourth-order valence-electron chi connectivity index (χ4n) is 2.12. The molecule has 0 radical (unpaired) electrons. The molecule has 6 heteroatoms. The van der Waals surface area contributed by atoms with Crippen molar-refractivity contribution in [2.75, 3.05) is 19.7 Å². The molecule has 0 aromatic heterocycles. The lowest BCUT2D eigenvalue weighted by Gasteiger charge is -2.33. The Hall–Kier alpha value is -1.14. The number of aliphatic carboxylic acids is 1. The molecule has 104 valence electrons. The van der Waals surface area contributed by atoms with Crippen molar-refractivity contribution in [2.24, 2.45) is 5.73 Å². The third-order valence-electron chi connectivity index (χ3n) is 3.14. The van der Waals surface area contributed by atoms with E-state index in [4.69, 9.17) is 15.6 Å². The highest BCUT2D eigenvalue weighted by atomic mass is 16.5. The summed E-state index contributed by atoms with van der Waals surface area (Å²) in [4.78, 5) is 24.1. The maximum Gasteiger partial charge on any atom is 0.303 e. The minimum Gasteiger partial charge on any atom is -0.481 e. The van der Waals surface area contributed by atoms with Gasteiger partial charge in [0, 0.05) is 26.1 Å². The van der Waals surface area contributed by atoms with Crippen LogP contribution in [0.25, 0.3) is 0 Å². The highest BCUT2D eigenvalue weighted by molar-refractivity contribution is 5.82. The molecule has 1 heterocycles. The Balaban J connectivity index is 2.32. The minimum absolute atomic E-state index is 0.0671. The summed E-state index contributed by atoms with van der Waals surface area (Å²) in [5, 5.41) is 8.55. The lowest BCUT2D eigenvalue weighted by molar-refractivity contribution is -0.138. The number of carbonyl (C=O) groups excluding carboxylic acids is 1. The van der Waals surface area contributed by atoms with Crippen LogP contribution < -0.4 is 5.73 Å². The van der Waals surface area contributed by atoms with Crippen LogP contribution in [-0.4, -0.2) is 53.7 Å². The zero-order valence-corrected chi connectivity index (χ0v) is 10.8. The van der Waals surface area contributed by atoms with E-state index in [0.717, 1.165) is 12.8 Å². The Morgan fingerprint density at radius 2 is 2.06 bits per heavy atom. The van der Waals surface area contributed by atoms with Gasteiger partial charge < -0.3 is 20.5 Å². The van der Waals surface area contributed by atoms with E-state index >= 15 is 0 Å². The summed E-state index contributed by atoms with van der Waals surface area (Å²) in [7, 11) is 0. The van der Waals surface area contributed by atoms with Crippen LogP contribution in [0.3, 0.4) is 0 Å². The highest BCUT2D eigenvalue weighted by Gasteiger charge is 2.26. The number of amides is 1. The lowest BCUT2D eigenvalue weighted by Crippen LogP contribution is -2.48. The third-order valence-corrected chi connectivity index (χ3v) is 3.14. The Morgan fingerprint density at radius 1 is 1.44 bits per heavy atom. The van der Waals surface area contributed by atoms with Crippen LogP contribution >= 0.6 is 0 Å². The van der Waals surface area contributed by atoms with Gasteiger partial charge in [-0.2, -0.15) is 0 Å². The van der Waals surface area contributed by atoms with Crippen molar-refractivity contribution in [3.8, 4) is 0 Å². The number of carboxylic acid groups (broad SMARTS) is 1. The number of ether oxygens (including phenoxy) is 1. The average Bonchev–Trinajstić information content (AvgIpc) is 2.36. The molecule has 1 aliphatic rings. The van der Waals surface area contributed by atoms with E-state index < -0.39 is 12.0 Å². The van der Waals surface area contributed by atoms with Crippen molar-refractivity contribution in [2.45, 2.75) is 44.8 Å². The van der Waals surface area contributed by atoms with E-state index in [2.05, 4.69) is 0 Å². The molecule has 1 rings (SSSR count). The fourth-order valence-corrected chi connectivity index (χ4v) is 2.12. The molecule has 0 bridgehead atoms. The normalized spacial score (nSPS) is 18.7. The molecule has 0 aromatic carbocycles. The van der Waals surface area contributed by atoms with E-state index in [9.17, 15) is 9.59 Å². The standard InChI is InChI=1S/C12H22N2O4/c1-2-18-9-5-7-14(8-6-9)12(17)10(13)3-4-11(15)16/h9-10H,2-8,13H2,1H3,(H,15,16). The molecule has 1 amide bonds. The molecule has 0 aromatic rings. The molecule has 1 unspecified atom stereocenters. The van der Waals surface area contributed by atoms with Gasteiger partial charge >= 0.3 is 5.97 Å². The molecule has 18 heavy (non-hydrogen) atoms. The molecule has 1 saturated heterocycles. The van der Waals surface area contributed by atoms with Gasteiger partial charge in [0.15, 0.2) is 0 Å². The Labute approximate surface area is 107 Å². The number of carbonyl (C=O) groups is 2. The van der Waals surface area contributed by atoms with Crippen LogP contribution in [0.2, 0.25) is 0 Å². The number of likely N-dealkylation sites (tertiary alicyclic amines) is 1. The number of piperidine rings is 1. The second kappa shape index (κ2) is 7.33. The average molecular weight is 258 g/mol. The first-order valence-corrected chi connectivity index (χ1v) is 6.42. The van der Waals surface area contributed by atoms with Gasteiger partial charge in [-0.25, -0.2) is 0 Å². The van der Waals surface area contributed by atoms with E-state index in [1.165, 1.54) is 0 Å². The van der Waals surface area contributed by atoms with Crippen molar-refractivity contribution in [3.63, 3.8) is 0 Å².